The maximum atomic E-state index is 11.9. The van der Waals surface area contributed by atoms with Crippen LogP contribution in [0.15, 0.2) is 17.6 Å². The highest BCUT2D eigenvalue weighted by atomic mass is 32.2. The van der Waals surface area contributed by atoms with Crippen LogP contribution in [0.3, 0.4) is 0 Å². The molecule has 108 valence electrons. The molecule has 0 aromatic carbocycles. The number of nitrogens with one attached hydrogen (secondary N) is 1. The normalized spacial score (nSPS) is 13.4. The van der Waals surface area contributed by atoms with Crippen LogP contribution in [0, 0.1) is 0 Å². The second-order valence-electron chi connectivity index (χ2n) is 4.02. The van der Waals surface area contributed by atoms with Crippen LogP contribution in [0.1, 0.15) is 12.8 Å². The monoisotopic (exact) mass is 291 g/mol. The second-order valence-corrected chi connectivity index (χ2v) is 5.69. The molecule has 8 nitrogen and oxygen atoms in total. The first-order chi connectivity index (χ1) is 8.86. The third kappa shape index (κ3) is 4.62. The van der Waals surface area contributed by atoms with Crippen molar-refractivity contribution in [1.82, 2.24) is 14.3 Å². The molecule has 0 saturated heterocycles. The number of carbonyl (C=O) groups is 1. The Bertz CT molecular complexity index is 525. The zero-order valence-electron chi connectivity index (χ0n) is 10.7. The molecule has 1 aromatic rings. The zero-order valence-corrected chi connectivity index (χ0v) is 11.6. The highest BCUT2D eigenvalue weighted by Crippen LogP contribution is 2.08. The van der Waals surface area contributed by atoms with Crippen LogP contribution in [-0.4, -0.2) is 48.8 Å². The highest BCUT2D eigenvalue weighted by Gasteiger charge is 2.26. The fourth-order valence-electron chi connectivity index (χ4n) is 1.44. The summed E-state index contributed by atoms with van der Waals surface area (Å²) in [6.45, 7) is 0.370. The Labute approximate surface area is 111 Å². The van der Waals surface area contributed by atoms with Gasteiger partial charge in [0.25, 0.3) is 10.0 Å². The minimum absolute atomic E-state index is 0.148. The fourth-order valence-corrected chi connectivity index (χ4v) is 2.64. The molecule has 1 unspecified atom stereocenters. The second kappa shape index (κ2) is 6.64. The first-order valence-electron chi connectivity index (χ1n) is 5.59. The van der Waals surface area contributed by atoms with Crippen molar-refractivity contribution in [1.29, 1.82) is 0 Å². The van der Waals surface area contributed by atoms with E-state index in [0.717, 1.165) is 0 Å². The first kappa shape index (κ1) is 15.6. The van der Waals surface area contributed by atoms with Gasteiger partial charge in [-0.05, 0) is 12.8 Å². The number of methoxy groups -OCH3 is 1. The molecule has 0 fully saturated rings. The Balaban J connectivity index is 2.75. The van der Waals surface area contributed by atoms with Gasteiger partial charge in [0, 0.05) is 27.0 Å². The molecule has 0 amide bonds. The number of imidazole rings is 1. The van der Waals surface area contributed by atoms with E-state index in [4.69, 9.17) is 9.84 Å². The predicted molar refractivity (Wildman–Crippen MR) is 66.1 cm³/mol. The maximum absolute atomic E-state index is 11.9. The van der Waals surface area contributed by atoms with Gasteiger partial charge in [0.1, 0.15) is 6.04 Å². The third-order valence-electron chi connectivity index (χ3n) is 2.39. The summed E-state index contributed by atoms with van der Waals surface area (Å²) in [6, 6.07) is -1.19. The summed E-state index contributed by atoms with van der Waals surface area (Å²) in [7, 11) is -0.806. The quantitative estimate of drug-likeness (QED) is 0.629. The minimum atomic E-state index is -3.92. The standard InChI is InChI=1S/C10H17N3O5S/c1-13-6-9(11-7-13)19(16,17)12-8(10(14)15)4-3-5-18-2/h6-8,12H,3-5H2,1-2H3,(H,14,15). The van der Waals surface area contributed by atoms with Crippen molar-refractivity contribution in [3.05, 3.63) is 12.5 Å². The average Bonchev–Trinajstić information content (AvgIpc) is 2.75. The van der Waals surface area contributed by atoms with Gasteiger partial charge in [-0.1, -0.05) is 0 Å². The van der Waals surface area contributed by atoms with Gasteiger partial charge < -0.3 is 14.4 Å². The zero-order chi connectivity index (χ0) is 14.5. The lowest BCUT2D eigenvalue weighted by molar-refractivity contribution is -0.139. The van der Waals surface area contributed by atoms with Gasteiger partial charge in [-0.15, -0.1) is 0 Å². The van der Waals surface area contributed by atoms with Gasteiger partial charge in [0.15, 0.2) is 5.03 Å². The van der Waals surface area contributed by atoms with E-state index in [0.29, 0.717) is 13.0 Å². The largest absolute Gasteiger partial charge is 0.480 e. The van der Waals surface area contributed by atoms with Crippen molar-refractivity contribution in [3.63, 3.8) is 0 Å². The van der Waals surface area contributed by atoms with E-state index < -0.39 is 22.0 Å². The number of sulfonamides is 1. The van der Waals surface area contributed by atoms with Crippen LogP contribution in [-0.2, 0) is 26.6 Å². The van der Waals surface area contributed by atoms with Gasteiger partial charge >= 0.3 is 5.97 Å². The number of aliphatic carboxylic acids is 1. The molecule has 9 heteroatoms. The van der Waals surface area contributed by atoms with Crippen molar-refractivity contribution in [2.24, 2.45) is 7.05 Å². The Hall–Kier alpha value is -1.45. The van der Waals surface area contributed by atoms with Crippen LogP contribution < -0.4 is 4.72 Å². The molecule has 0 aliphatic rings. The number of aryl methyl sites for hydroxylation is 1. The van der Waals surface area contributed by atoms with E-state index in [1.165, 1.54) is 24.2 Å². The number of hydrogen-bond donors (Lipinski definition) is 2. The summed E-state index contributed by atoms with van der Waals surface area (Å²) >= 11 is 0. The summed E-state index contributed by atoms with van der Waals surface area (Å²) in [6.07, 6.45) is 3.22. The average molecular weight is 291 g/mol. The number of ether oxygens (including phenoxy) is 1. The summed E-state index contributed by atoms with van der Waals surface area (Å²) in [5, 5.41) is 8.79. The Morgan fingerprint density at radius 3 is 2.79 bits per heavy atom. The van der Waals surface area contributed by atoms with Crippen LogP contribution in [0.4, 0.5) is 0 Å². The van der Waals surface area contributed by atoms with Gasteiger partial charge in [-0.25, -0.2) is 13.4 Å². The van der Waals surface area contributed by atoms with Crippen molar-refractivity contribution in [2.75, 3.05) is 13.7 Å². The molecule has 0 spiro atoms. The number of hydrogen-bond acceptors (Lipinski definition) is 5. The molecule has 1 aromatic heterocycles. The molecule has 0 bridgehead atoms. The number of carboxylic acid groups (broad SMARTS) is 1. The summed E-state index contributed by atoms with van der Waals surface area (Å²) in [5.74, 6) is -1.23. The molecule has 1 atom stereocenters. The van der Waals surface area contributed by atoms with E-state index in [-0.39, 0.29) is 11.4 Å². The molecule has 2 N–H and O–H groups in total. The molecular weight excluding hydrogens is 274 g/mol. The summed E-state index contributed by atoms with van der Waals surface area (Å²) < 4.78 is 32.2. The van der Waals surface area contributed by atoms with Crippen molar-refractivity contribution in [2.45, 2.75) is 23.9 Å². The third-order valence-corrected chi connectivity index (χ3v) is 3.75. The number of carboxylic acids is 1. The smallest absolute Gasteiger partial charge is 0.321 e. The molecule has 0 saturated carbocycles. The van der Waals surface area contributed by atoms with Gasteiger partial charge in [-0.2, -0.15) is 4.72 Å². The highest BCUT2D eigenvalue weighted by molar-refractivity contribution is 7.89. The lowest BCUT2D eigenvalue weighted by atomic mass is 10.2. The molecule has 1 rings (SSSR count). The Morgan fingerprint density at radius 2 is 2.32 bits per heavy atom. The first-order valence-corrected chi connectivity index (χ1v) is 7.07. The van der Waals surface area contributed by atoms with Crippen LogP contribution in [0.5, 0.6) is 0 Å². The van der Waals surface area contributed by atoms with Crippen LogP contribution >= 0.6 is 0 Å². The maximum Gasteiger partial charge on any atom is 0.321 e. The molecular formula is C10H17N3O5S. The SMILES string of the molecule is COCCCC(NS(=O)(=O)c1cn(C)cn1)C(=O)O. The van der Waals surface area contributed by atoms with Gasteiger partial charge in [-0.3, -0.25) is 4.79 Å². The van der Waals surface area contributed by atoms with Crippen molar-refractivity contribution < 1.29 is 23.1 Å². The Morgan fingerprint density at radius 1 is 1.63 bits per heavy atom. The van der Waals surface area contributed by atoms with Crippen molar-refractivity contribution >= 4 is 16.0 Å². The topological polar surface area (TPSA) is 111 Å². The predicted octanol–water partition coefficient (Wildman–Crippen LogP) is -0.422. The van der Waals surface area contributed by atoms with E-state index in [1.807, 2.05) is 0 Å². The lowest BCUT2D eigenvalue weighted by Gasteiger charge is -2.13. The van der Waals surface area contributed by atoms with E-state index in [1.54, 1.807) is 7.05 Å². The number of aromatic nitrogens is 2. The summed E-state index contributed by atoms with van der Waals surface area (Å²) in [5.41, 5.74) is 0. The fraction of sp³-hybridized carbons (Fsp3) is 0.600. The molecule has 0 radical (unpaired) electrons. The number of nitrogens with zero attached hydrogens (tertiary/aromatic N) is 2. The molecule has 19 heavy (non-hydrogen) atoms. The van der Waals surface area contributed by atoms with Crippen molar-refractivity contribution in [3.8, 4) is 0 Å². The minimum Gasteiger partial charge on any atom is -0.480 e. The lowest BCUT2D eigenvalue weighted by Crippen LogP contribution is -2.41. The van der Waals surface area contributed by atoms with Crippen LogP contribution in [0.2, 0.25) is 0 Å². The molecule has 0 aliphatic carbocycles. The van der Waals surface area contributed by atoms with Crippen LogP contribution in [0.25, 0.3) is 0 Å². The molecule has 1 heterocycles. The van der Waals surface area contributed by atoms with Gasteiger partial charge in [0.05, 0.1) is 6.33 Å². The Kier molecular flexibility index (Phi) is 5.45. The van der Waals surface area contributed by atoms with Gasteiger partial charge in [0.2, 0.25) is 0 Å². The van der Waals surface area contributed by atoms with E-state index >= 15 is 0 Å². The van der Waals surface area contributed by atoms with E-state index in [9.17, 15) is 13.2 Å². The molecule has 0 aliphatic heterocycles. The van der Waals surface area contributed by atoms with E-state index in [2.05, 4.69) is 9.71 Å². The number of rotatable bonds is 8. The summed E-state index contributed by atoms with van der Waals surface area (Å²) in [4.78, 5) is 14.7.